The van der Waals surface area contributed by atoms with Crippen LogP contribution in [0.1, 0.15) is 47.0 Å². The van der Waals surface area contributed by atoms with E-state index in [2.05, 4.69) is 45.7 Å². The Labute approximate surface area is 103 Å². The van der Waals surface area contributed by atoms with Gasteiger partial charge in [-0.15, -0.1) is 0 Å². The molecule has 0 aliphatic heterocycles. The smallest absolute Gasteiger partial charge is 0.203 e. The van der Waals surface area contributed by atoms with Gasteiger partial charge in [0.2, 0.25) is 8.32 Å². The van der Waals surface area contributed by atoms with Crippen molar-refractivity contribution in [3.05, 3.63) is 0 Å². The summed E-state index contributed by atoms with van der Waals surface area (Å²) in [7, 11) is -1.54. The predicted molar refractivity (Wildman–Crippen MR) is 75.3 cm³/mol. The summed E-state index contributed by atoms with van der Waals surface area (Å²) >= 11 is 0. The van der Waals surface area contributed by atoms with E-state index in [1.54, 1.807) is 0 Å². The second-order valence-corrected chi connectivity index (χ2v) is 9.16. The van der Waals surface area contributed by atoms with Gasteiger partial charge in [-0.2, -0.15) is 0 Å². The van der Waals surface area contributed by atoms with Gasteiger partial charge in [0.05, 0.1) is 0 Å². The van der Waals surface area contributed by atoms with Crippen LogP contribution >= 0.6 is 0 Å². The highest BCUT2D eigenvalue weighted by Crippen LogP contribution is 2.20. The molecule has 0 rings (SSSR count). The molecular weight excluding hydrogens is 214 g/mol. The lowest BCUT2D eigenvalue weighted by Crippen LogP contribution is -2.55. The summed E-state index contributed by atoms with van der Waals surface area (Å²) in [5.41, 5.74) is 0.673. The van der Waals surface area contributed by atoms with E-state index in [0.29, 0.717) is 5.67 Å². The third kappa shape index (κ3) is 4.98. The van der Waals surface area contributed by atoms with Gasteiger partial charge in [0.1, 0.15) is 0 Å². The second-order valence-electron chi connectivity index (χ2n) is 5.00. The molecule has 0 aromatic carbocycles. The monoisotopic (exact) mass is 245 g/mol. The zero-order valence-corrected chi connectivity index (χ0v) is 13.2. The zero-order valence-electron chi connectivity index (χ0n) is 12.2. The largest absolute Gasteiger partial charge is 0.416 e. The molecule has 2 nitrogen and oxygen atoms in total. The van der Waals surface area contributed by atoms with Gasteiger partial charge in [0.25, 0.3) is 0 Å². The average molecular weight is 245 g/mol. The summed E-state index contributed by atoms with van der Waals surface area (Å²) in [4.78, 5) is 2.65. The van der Waals surface area contributed by atoms with Gasteiger partial charge >= 0.3 is 0 Å². The van der Waals surface area contributed by atoms with Crippen LogP contribution in [0.15, 0.2) is 0 Å². The Bertz CT molecular complexity index is 167. The average Bonchev–Trinajstić information content (AvgIpc) is 2.18. The van der Waals surface area contributed by atoms with Crippen LogP contribution in [0.2, 0.25) is 13.1 Å². The lowest BCUT2D eigenvalue weighted by atomic mass is 10.3. The van der Waals surface area contributed by atoms with E-state index in [4.69, 9.17) is 4.43 Å². The third-order valence-corrected chi connectivity index (χ3v) is 6.58. The van der Waals surface area contributed by atoms with Crippen molar-refractivity contribution in [3.8, 4) is 0 Å². The zero-order chi connectivity index (χ0) is 12.6. The molecule has 0 bridgehead atoms. The molecule has 3 heteroatoms. The molecule has 0 heterocycles. The van der Waals surface area contributed by atoms with Crippen LogP contribution in [0, 0.1) is 0 Å². The molecule has 0 aromatic rings. The van der Waals surface area contributed by atoms with E-state index >= 15 is 0 Å². The van der Waals surface area contributed by atoms with Crippen LogP contribution in [0.3, 0.4) is 0 Å². The first-order chi connectivity index (χ1) is 7.53. The van der Waals surface area contributed by atoms with E-state index < -0.39 is 8.32 Å². The van der Waals surface area contributed by atoms with Crippen molar-refractivity contribution >= 4 is 8.32 Å². The number of nitrogens with zero attached hydrogens (tertiary/aromatic N) is 1. The molecule has 0 aromatic heterocycles. The number of rotatable bonds is 9. The van der Waals surface area contributed by atoms with E-state index in [-0.39, 0.29) is 0 Å². The summed E-state index contributed by atoms with van der Waals surface area (Å²) < 4.78 is 6.05. The molecule has 0 saturated carbocycles. The highest BCUT2D eigenvalue weighted by atomic mass is 28.4. The molecule has 98 valence electrons. The van der Waals surface area contributed by atoms with E-state index in [9.17, 15) is 0 Å². The van der Waals surface area contributed by atoms with Crippen LogP contribution in [0.5, 0.6) is 0 Å². The van der Waals surface area contributed by atoms with Gasteiger partial charge in [-0.25, -0.2) is 0 Å². The number of hydrogen-bond donors (Lipinski definition) is 0. The Morgan fingerprint density at radius 2 is 1.50 bits per heavy atom. The van der Waals surface area contributed by atoms with Crippen LogP contribution in [0.25, 0.3) is 0 Å². The van der Waals surface area contributed by atoms with Gasteiger partial charge < -0.3 is 9.33 Å². The maximum atomic E-state index is 6.05. The Balaban J connectivity index is 4.62. The van der Waals surface area contributed by atoms with Crippen molar-refractivity contribution in [2.75, 3.05) is 19.7 Å². The summed E-state index contributed by atoms with van der Waals surface area (Å²) in [5.74, 6) is 0. The van der Waals surface area contributed by atoms with Gasteiger partial charge in [-0.05, 0) is 52.4 Å². The van der Waals surface area contributed by atoms with E-state index in [0.717, 1.165) is 6.61 Å². The second kappa shape index (κ2) is 8.26. The summed E-state index contributed by atoms with van der Waals surface area (Å²) in [6.45, 7) is 17.0. The molecule has 0 aliphatic rings. The predicted octanol–water partition coefficient (Wildman–Crippen LogP) is 3.67. The van der Waals surface area contributed by atoms with Gasteiger partial charge in [0, 0.05) is 12.3 Å². The standard InChI is InChI=1S/C13H31NOSi/c1-7-11-14(12-8-2)13(9-3)16(5,6)15-10-4/h13H,7-12H2,1-6H3. The van der Waals surface area contributed by atoms with Crippen molar-refractivity contribution in [2.24, 2.45) is 0 Å². The third-order valence-electron chi connectivity index (χ3n) is 3.17. The minimum Gasteiger partial charge on any atom is -0.416 e. The molecule has 0 radical (unpaired) electrons. The van der Waals surface area contributed by atoms with Crippen LogP contribution < -0.4 is 0 Å². The molecule has 0 saturated heterocycles. The summed E-state index contributed by atoms with van der Waals surface area (Å²) in [6.07, 6.45) is 3.71. The fraction of sp³-hybridized carbons (Fsp3) is 1.00. The van der Waals surface area contributed by atoms with Gasteiger partial charge in [-0.1, -0.05) is 20.8 Å². The van der Waals surface area contributed by atoms with Crippen molar-refractivity contribution in [1.29, 1.82) is 0 Å². The van der Waals surface area contributed by atoms with Crippen LogP contribution in [-0.4, -0.2) is 38.6 Å². The Morgan fingerprint density at radius 1 is 1.00 bits per heavy atom. The maximum absolute atomic E-state index is 6.05. The van der Waals surface area contributed by atoms with Crippen LogP contribution in [-0.2, 0) is 4.43 Å². The Morgan fingerprint density at radius 3 is 1.81 bits per heavy atom. The minimum absolute atomic E-state index is 0.673. The molecule has 0 N–H and O–H groups in total. The number of hydrogen-bond acceptors (Lipinski definition) is 2. The Kier molecular flexibility index (Phi) is 8.33. The topological polar surface area (TPSA) is 12.5 Å². The van der Waals surface area contributed by atoms with Gasteiger partial charge in [0.15, 0.2) is 0 Å². The molecule has 16 heavy (non-hydrogen) atoms. The molecule has 1 atom stereocenters. The fourth-order valence-corrected chi connectivity index (χ4v) is 5.71. The van der Waals surface area contributed by atoms with Crippen LogP contribution in [0.4, 0.5) is 0 Å². The first-order valence-electron chi connectivity index (χ1n) is 6.91. The van der Waals surface area contributed by atoms with Crippen molar-refractivity contribution in [1.82, 2.24) is 4.90 Å². The van der Waals surface area contributed by atoms with Crippen molar-refractivity contribution in [2.45, 2.75) is 65.7 Å². The van der Waals surface area contributed by atoms with E-state index in [1.165, 1.54) is 32.4 Å². The van der Waals surface area contributed by atoms with E-state index in [1.807, 2.05) is 0 Å². The summed E-state index contributed by atoms with van der Waals surface area (Å²) in [6, 6.07) is 0. The van der Waals surface area contributed by atoms with Crippen molar-refractivity contribution in [3.63, 3.8) is 0 Å². The minimum atomic E-state index is -1.54. The first kappa shape index (κ1) is 16.1. The summed E-state index contributed by atoms with van der Waals surface area (Å²) in [5, 5.41) is 0. The lowest BCUT2D eigenvalue weighted by molar-refractivity contribution is 0.204. The quantitative estimate of drug-likeness (QED) is 0.575. The van der Waals surface area contributed by atoms with Crippen molar-refractivity contribution < 1.29 is 4.43 Å². The molecule has 0 fully saturated rings. The fourth-order valence-electron chi connectivity index (χ4n) is 2.66. The first-order valence-corrected chi connectivity index (χ1v) is 9.89. The highest BCUT2D eigenvalue weighted by Gasteiger charge is 2.35. The van der Waals surface area contributed by atoms with Gasteiger partial charge in [-0.3, -0.25) is 0 Å². The normalized spacial score (nSPS) is 14.4. The Hall–Kier alpha value is 0.137. The molecule has 0 spiro atoms. The molecule has 0 amide bonds. The molecule has 0 aliphatic carbocycles. The maximum Gasteiger partial charge on any atom is 0.203 e. The lowest BCUT2D eigenvalue weighted by Gasteiger charge is -2.39. The molecule has 1 unspecified atom stereocenters. The highest BCUT2D eigenvalue weighted by molar-refractivity contribution is 6.72. The molecular formula is C13H31NOSi. The SMILES string of the molecule is CCCN(CCC)C(CC)[Si](C)(C)OCC.